The molecule has 0 aromatic rings. The minimum atomic E-state index is 0.125. The van der Waals surface area contributed by atoms with Gasteiger partial charge in [-0.05, 0) is 18.9 Å². The van der Waals surface area contributed by atoms with Crippen molar-refractivity contribution in [2.45, 2.75) is 18.5 Å². The first-order chi connectivity index (χ1) is 4.92. The van der Waals surface area contributed by atoms with Crippen molar-refractivity contribution in [1.29, 1.82) is 0 Å². The summed E-state index contributed by atoms with van der Waals surface area (Å²) in [7, 11) is 0. The number of carbonyl (C=O) groups excluding carboxylic acids is 1. The highest BCUT2D eigenvalue weighted by Crippen LogP contribution is 2.22. The summed E-state index contributed by atoms with van der Waals surface area (Å²) >= 11 is 0. The molecule has 10 heavy (non-hydrogen) atoms. The highest BCUT2D eigenvalue weighted by molar-refractivity contribution is 5.59. The fourth-order valence-electron chi connectivity index (χ4n) is 2.00. The molecule has 3 atom stereocenters. The summed E-state index contributed by atoms with van der Waals surface area (Å²) in [6, 6.07) is 0.690. The van der Waals surface area contributed by atoms with Crippen molar-refractivity contribution >= 4 is 6.29 Å². The summed E-state index contributed by atoms with van der Waals surface area (Å²) in [5.74, 6) is 0.567. The van der Waals surface area contributed by atoms with Gasteiger partial charge in [-0.15, -0.1) is 0 Å². The molecule has 2 aliphatic rings. The molecule has 2 heterocycles. The first kappa shape index (κ1) is 6.31. The Morgan fingerprint density at radius 3 is 3.10 bits per heavy atom. The third-order valence-electron chi connectivity index (χ3n) is 2.58. The van der Waals surface area contributed by atoms with Crippen molar-refractivity contribution in [3.63, 3.8) is 0 Å². The average Bonchev–Trinajstić information content (AvgIpc) is 2.44. The van der Waals surface area contributed by atoms with Crippen molar-refractivity contribution in [1.82, 2.24) is 10.6 Å². The number of aldehydes is 1. The summed E-state index contributed by atoms with van der Waals surface area (Å²) in [5.41, 5.74) is 0. The van der Waals surface area contributed by atoms with Crippen molar-refractivity contribution in [2.75, 3.05) is 13.1 Å². The normalized spacial score (nSPS) is 45.4. The zero-order valence-corrected chi connectivity index (χ0v) is 5.84. The Bertz CT molecular complexity index is 149. The minimum absolute atomic E-state index is 0.125. The Morgan fingerprint density at radius 2 is 2.30 bits per heavy atom. The van der Waals surface area contributed by atoms with Crippen LogP contribution >= 0.6 is 0 Å². The van der Waals surface area contributed by atoms with Crippen molar-refractivity contribution in [2.24, 2.45) is 5.92 Å². The summed E-state index contributed by atoms with van der Waals surface area (Å²) in [4.78, 5) is 10.5. The van der Waals surface area contributed by atoms with Gasteiger partial charge in [0.05, 0.1) is 6.04 Å². The van der Waals surface area contributed by atoms with E-state index in [4.69, 9.17) is 0 Å². The van der Waals surface area contributed by atoms with Gasteiger partial charge in [-0.3, -0.25) is 0 Å². The Labute approximate surface area is 60.2 Å². The Balaban J connectivity index is 2.07. The second-order valence-corrected chi connectivity index (χ2v) is 3.08. The lowest BCUT2D eigenvalue weighted by atomic mass is 9.98. The number of rotatable bonds is 1. The zero-order chi connectivity index (χ0) is 6.97. The molecule has 0 aliphatic carbocycles. The quantitative estimate of drug-likeness (QED) is 0.465. The van der Waals surface area contributed by atoms with E-state index in [-0.39, 0.29) is 6.04 Å². The summed E-state index contributed by atoms with van der Waals surface area (Å²) in [6.45, 7) is 2.05. The van der Waals surface area contributed by atoms with Gasteiger partial charge in [0.2, 0.25) is 0 Å². The molecule has 0 radical (unpaired) electrons. The molecule has 3 nitrogen and oxygen atoms in total. The van der Waals surface area contributed by atoms with E-state index in [1.165, 1.54) is 0 Å². The summed E-state index contributed by atoms with van der Waals surface area (Å²) in [5, 5.41) is 6.54. The van der Waals surface area contributed by atoms with Gasteiger partial charge < -0.3 is 15.4 Å². The molecule has 0 aromatic heterocycles. The van der Waals surface area contributed by atoms with Gasteiger partial charge in [0, 0.05) is 12.6 Å². The van der Waals surface area contributed by atoms with E-state index in [1.807, 2.05) is 0 Å². The second kappa shape index (κ2) is 2.32. The minimum Gasteiger partial charge on any atom is -0.312 e. The van der Waals surface area contributed by atoms with Crippen LogP contribution in [-0.2, 0) is 4.79 Å². The number of carbonyl (C=O) groups is 1. The first-order valence-corrected chi connectivity index (χ1v) is 3.84. The van der Waals surface area contributed by atoms with E-state index in [0.29, 0.717) is 12.0 Å². The number of fused-ring (bicyclic) bond motifs is 1. The van der Waals surface area contributed by atoms with E-state index in [2.05, 4.69) is 10.6 Å². The van der Waals surface area contributed by atoms with Crippen molar-refractivity contribution in [3.8, 4) is 0 Å². The average molecular weight is 140 g/mol. The van der Waals surface area contributed by atoms with Crippen LogP contribution in [-0.4, -0.2) is 31.5 Å². The molecule has 2 rings (SSSR count). The third-order valence-corrected chi connectivity index (χ3v) is 2.58. The van der Waals surface area contributed by atoms with Gasteiger partial charge in [0.1, 0.15) is 6.29 Å². The standard InChI is InChI=1S/C7H12N2O/c10-4-7-5-1-2-8-6(5)3-9-7/h4-9H,1-3H2/t5?,6?,7-/m0/s1. The maximum absolute atomic E-state index is 10.5. The maximum Gasteiger partial charge on any atom is 0.137 e. The molecule has 2 N–H and O–H groups in total. The lowest BCUT2D eigenvalue weighted by Gasteiger charge is -2.09. The van der Waals surface area contributed by atoms with Crippen LogP contribution < -0.4 is 10.6 Å². The molecule has 2 aliphatic heterocycles. The van der Waals surface area contributed by atoms with Gasteiger partial charge in [0.15, 0.2) is 0 Å². The van der Waals surface area contributed by atoms with Crippen molar-refractivity contribution in [3.05, 3.63) is 0 Å². The Kier molecular flexibility index (Phi) is 1.47. The van der Waals surface area contributed by atoms with Gasteiger partial charge in [-0.25, -0.2) is 0 Å². The molecule has 2 fully saturated rings. The van der Waals surface area contributed by atoms with E-state index >= 15 is 0 Å². The van der Waals surface area contributed by atoms with Crippen LogP contribution in [0.5, 0.6) is 0 Å². The molecule has 56 valence electrons. The van der Waals surface area contributed by atoms with Crippen LogP contribution in [0.4, 0.5) is 0 Å². The predicted molar refractivity (Wildman–Crippen MR) is 37.8 cm³/mol. The van der Waals surface area contributed by atoms with Gasteiger partial charge in [0.25, 0.3) is 0 Å². The monoisotopic (exact) mass is 140 g/mol. The number of nitrogens with one attached hydrogen (secondary N) is 2. The van der Waals surface area contributed by atoms with Crippen molar-refractivity contribution < 1.29 is 4.79 Å². The molecule has 3 heteroatoms. The van der Waals surface area contributed by atoms with E-state index in [1.54, 1.807) is 0 Å². The number of hydrogen-bond acceptors (Lipinski definition) is 3. The summed E-state index contributed by atoms with van der Waals surface area (Å²) < 4.78 is 0. The lowest BCUT2D eigenvalue weighted by molar-refractivity contribution is -0.110. The van der Waals surface area contributed by atoms with Gasteiger partial charge >= 0.3 is 0 Å². The topological polar surface area (TPSA) is 41.1 Å². The van der Waals surface area contributed by atoms with E-state index in [9.17, 15) is 4.79 Å². The molecular weight excluding hydrogens is 128 g/mol. The van der Waals surface area contributed by atoms with Gasteiger partial charge in [-0.2, -0.15) is 0 Å². The van der Waals surface area contributed by atoms with Crippen LogP contribution in [0.25, 0.3) is 0 Å². The largest absolute Gasteiger partial charge is 0.312 e. The molecule has 0 saturated carbocycles. The van der Waals surface area contributed by atoms with Crippen LogP contribution in [0, 0.1) is 5.92 Å². The molecule has 0 aromatic carbocycles. The third kappa shape index (κ3) is 0.777. The lowest BCUT2D eigenvalue weighted by Crippen LogP contribution is -2.28. The molecule has 2 unspecified atom stereocenters. The Morgan fingerprint density at radius 1 is 1.40 bits per heavy atom. The van der Waals surface area contributed by atoms with Crippen LogP contribution in [0.15, 0.2) is 0 Å². The highest BCUT2D eigenvalue weighted by atomic mass is 16.1. The van der Waals surface area contributed by atoms with Crippen LogP contribution in [0.1, 0.15) is 6.42 Å². The smallest absolute Gasteiger partial charge is 0.137 e. The highest BCUT2D eigenvalue weighted by Gasteiger charge is 2.38. The first-order valence-electron chi connectivity index (χ1n) is 3.84. The molecule has 2 saturated heterocycles. The molecule has 0 amide bonds. The Hall–Kier alpha value is -0.410. The zero-order valence-electron chi connectivity index (χ0n) is 5.84. The van der Waals surface area contributed by atoms with E-state index < -0.39 is 0 Å². The maximum atomic E-state index is 10.5. The SMILES string of the molecule is O=C[C@@H]1NCC2NCCC21. The second-order valence-electron chi connectivity index (χ2n) is 3.08. The predicted octanol–water partition coefficient (Wildman–Crippen LogP) is -0.865. The van der Waals surface area contributed by atoms with Crippen LogP contribution in [0.3, 0.4) is 0 Å². The fraction of sp³-hybridized carbons (Fsp3) is 0.857. The molecule has 0 spiro atoms. The van der Waals surface area contributed by atoms with Crippen LogP contribution in [0.2, 0.25) is 0 Å². The summed E-state index contributed by atoms with van der Waals surface area (Å²) in [6.07, 6.45) is 2.19. The number of hydrogen-bond donors (Lipinski definition) is 2. The van der Waals surface area contributed by atoms with E-state index in [0.717, 1.165) is 25.8 Å². The molecular formula is C7H12N2O. The fourth-order valence-corrected chi connectivity index (χ4v) is 2.00. The molecule has 0 bridgehead atoms. The van der Waals surface area contributed by atoms with Gasteiger partial charge in [-0.1, -0.05) is 0 Å².